The van der Waals surface area contributed by atoms with Gasteiger partial charge in [-0.15, -0.1) is 0 Å². The molecule has 0 aromatic heterocycles. The van der Waals surface area contributed by atoms with E-state index in [0.29, 0.717) is 5.56 Å². The normalized spacial score (nSPS) is 12.9. The Morgan fingerprint density at radius 1 is 1.26 bits per heavy atom. The number of phenols is 1. The molecule has 1 aromatic rings. The van der Waals surface area contributed by atoms with Gasteiger partial charge >= 0.3 is 0 Å². The van der Waals surface area contributed by atoms with Crippen molar-refractivity contribution in [1.82, 2.24) is 5.32 Å². The highest BCUT2D eigenvalue weighted by molar-refractivity contribution is 5.29. The minimum absolute atomic E-state index is 0.0423. The van der Waals surface area contributed by atoms with Crippen LogP contribution in [0.3, 0.4) is 0 Å². The van der Waals surface area contributed by atoms with Crippen LogP contribution in [-0.2, 0) is 4.74 Å². The monoisotopic (exact) mass is 269 g/mol. The lowest BCUT2D eigenvalue weighted by molar-refractivity contribution is 0.0759. The number of unbranched alkanes of at least 4 members (excludes halogenated alkanes) is 1. The molecule has 0 spiro atoms. The second kappa shape index (κ2) is 8.12. The Morgan fingerprint density at radius 2 is 2.00 bits per heavy atom. The summed E-state index contributed by atoms with van der Waals surface area (Å²) in [5, 5.41) is 12.4. The average molecular weight is 269 g/mol. The predicted molar refractivity (Wildman–Crippen MR) is 74.8 cm³/mol. The van der Waals surface area contributed by atoms with Crippen molar-refractivity contribution in [3.63, 3.8) is 0 Å². The molecule has 1 rings (SSSR count). The average Bonchev–Trinajstić information content (AvgIpc) is 2.32. The van der Waals surface area contributed by atoms with Gasteiger partial charge in [0.2, 0.25) is 0 Å². The molecule has 108 valence electrons. The Balaban J connectivity index is 2.25. The first kappa shape index (κ1) is 15.9. The summed E-state index contributed by atoms with van der Waals surface area (Å²) in [5.41, 5.74) is 0.580. The fourth-order valence-corrected chi connectivity index (χ4v) is 1.84. The van der Waals surface area contributed by atoms with Crippen LogP contribution in [0.15, 0.2) is 18.2 Å². The topological polar surface area (TPSA) is 41.5 Å². The maximum absolute atomic E-state index is 13.6. The van der Waals surface area contributed by atoms with Crippen molar-refractivity contribution in [2.75, 3.05) is 13.2 Å². The van der Waals surface area contributed by atoms with Gasteiger partial charge in [-0.1, -0.05) is 6.07 Å². The predicted octanol–water partition coefficient (Wildman–Crippen LogP) is 3.39. The molecule has 0 bridgehead atoms. The van der Waals surface area contributed by atoms with E-state index in [2.05, 4.69) is 5.32 Å². The highest BCUT2D eigenvalue weighted by Gasteiger charge is 2.10. The Hall–Kier alpha value is -1.13. The Kier molecular flexibility index (Phi) is 6.81. The number of halogens is 1. The first-order valence-electron chi connectivity index (χ1n) is 6.84. The third-order valence-corrected chi connectivity index (χ3v) is 2.92. The molecular formula is C15H24FNO2. The first-order valence-corrected chi connectivity index (χ1v) is 6.84. The number of hydrogen-bond donors (Lipinski definition) is 2. The van der Waals surface area contributed by atoms with Gasteiger partial charge < -0.3 is 15.2 Å². The Bertz CT molecular complexity index is 382. The molecule has 19 heavy (non-hydrogen) atoms. The van der Waals surface area contributed by atoms with Gasteiger partial charge in [0, 0.05) is 24.3 Å². The molecule has 1 aromatic carbocycles. The van der Waals surface area contributed by atoms with Gasteiger partial charge in [-0.25, -0.2) is 4.39 Å². The molecule has 1 unspecified atom stereocenters. The van der Waals surface area contributed by atoms with Gasteiger partial charge in [-0.3, -0.25) is 0 Å². The maximum Gasteiger partial charge on any atom is 0.131 e. The van der Waals surface area contributed by atoms with Crippen LogP contribution >= 0.6 is 0 Å². The van der Waals surface area contributed by atoms with Gasteiger partial charge in [-0.2, -0.15) is 0 Å². The molecule has 0 saturated heterocycles. The van der Waals surface area contributed by atoms with E-state index >= 15 is 0 Å². The Labute approximate surface area is 114 Å². The van der Waals surface area contributed by atoms with E-state index < -0.39 is 0 Å². The van der Waals surface area contributed by atoms with Crippen molar-refractivity contribution in [3.8, 4) is 5.75 Å². The largest absolute Gasteiger partial charge is 0.508 e. The lowest BCUT2D eigenvalue weighted by Gasteiger charge is -2.15. The van der Waals surface area contributed by atoms with Gasteiger partial charge in [0.1, 0.15) is 11.6 Å². The number of phenolic OH excluding ortho intramolecular Hbond substituents is 1. The van der Waals surface area contributed by atoms with E-state index in [9.17, 15) is 4.39 Å². The molecule has 0 amide bonds. The molecule has 0 aliphatic carbocycles. The first-order chi connectivity index (χ1) is 9.00. The second-order valence-electron chi connectivity index (χ2n) is 5.01. The second-order valence-corrected chi connectivity index (χ2v) is 5.01. The number of rotatable bonds is 8. The smallest absolute Gasteiger partial charge is 0.131 e. The summed E-state index contributed by atoms with van der Waals surface area (Å²) in [7, 11) is 0. The van der Waals surface area contributed by atoms with Crippen LogP contribution in [0.2, 0.25) is 0 Å². The fraction of sp³-hybridized carbons (Fsp3) is 0.600. The SMILES string of the molecule is CC(C)OCCCCNC(C)c1ccc(O)cc1F. The van der Waals surface area contributed by atoms with Crippen LogP contribution in [0.5, 0.6) is 5.75 Å². The van der Waals surface area contributed by atoms with E-state index in [1.165, 1.54) is 6.07 Å². The van der Waals surface area contributed by atoms with E-state index in [-0.39, 0.29) is 23.7 Å². The molecule has 0 saturated carbocycles. The Morgan fingerprint density at radius 3 is 2.63 bits per heavy atom. The zero-order valence-corrected chi connectivity index (χ0v) is 11.9. The van der Waals surface area contributed by atoms with Gasteiger partial charge in [0.15, 0.2) is 0 Å². The van der Waals surface area contributed by atoms with Crippen LogP contribution in [0, 0.1) is 5.82 Å². The van der Waals surface area contributed by atoms with E-state index in [0.717, 1.165) is 32.1 Å². The van der Waals surface area contributed by atoms with Crippen molar-refractivity contribution >= 4 is 0 Å². The molecular weight excluding hydrogens is 245 g/mol. The van der Waals surface area contributed by atoms with E-state index in [1.807, 2.05) is 20.8 Å². The summed E-state index contributed by atoms with van der Waals surface area (Å²) in [5.74, 6) is -0.414. The number of aromatic hydroxyl groups is 1. The quantitative estimate of drug-likeness (QED) is 0.711. The molecule has 2 N–H and O–H groups in total. The minimum Gasteiger partial charge on any atom is -0.508 e. The molecule has 0 aliphatic heterocycles. The van der Waals surface area contributed by atoms with Crippen molar-refractivity contribution in [2.24, 2.45) is 0 Å². The molecule has 0 fully saturated rings. The lowest BCUT2D eigenvalue weighted by atomic mass is 10.1. The molecule has 4 heteroatoms. The standard InChI is InChI=1S/C15H24FNO2/c1-11(2)19-9-5-4-8-17-12(3)14-7-6-13(18)10-15(14)16/h6-7,10-12,17-18H,4-5,8-9H2,1-3H3. The van der Waals surface area contributed by atoms with Crippen LogP contribution in [0.25, 0.3) is 0 Å². The summed E-state index contributed by atoms with van der Waals surface area (Å²) in [6, 6.07) is 4.20. The van der Waals surface area contributed by atoms with Crippen molar-refractivity contribution in [3.05, 3.63) is 29.6 Å². The van der Waals surface area contributed by atoms with Crippen molar-refractivity contribution < 1.29 is 14.2 Å². The number of hydrogen-bond acceptors (Lipinski definition) is 3. The summed E-state index contributed by atoms with van der Waals surface area (Å²) in [4.78, 5) is 0. The van der Waals surface area contributed by atoms with Crippen LogP contribution in [0.4, 0.5) is 4.39 Å². The number of benzene rings is 1. The minimum atomic E-state index is -0.372. The van der Waals surface area contributed by atoms with Gasteiger partial charge in [0.05, 0.1) is 6.10 Å². The van der Waals surface area contributed by atoms with Crippen LogP contribution < -0.4 is 5.32 Å². The summed E-state index contributed by atoms with van der Waals surface area (Å²) in [6.45, 7) is 7.55. The number of nitrogens with one attached hydrogen (secondary N) is 1. The highest BCUT2D eigenvalue weighted by atomic mass is 19.1. The summed E-state index contributed by atoms with van der Waals surface area (Å²) < 4.78 is 19.0. The van der Waals surface area contributed by atoms with Crippen LogP contribution in [-0.4, -0.2) is 24.4 Å². The zero-order chi connectivity index (χ0) is 14.3. The molecule has 0 radical (unpaired) electrons. The van der Waals surface area contributed by atoms with Crippen LogP contribution in [0.1, 0.15) is 45.2 Å². The molecule has 1 atom stereocenters. The van der Waals surface area contributed by atoms with E-state index in [1.54, 1.807) is 6.07 Å². The third kappa shape index (κ3) is 6.03. The molecule has 3 nitrogen and oxygen atoms in total. The molecule has 0 heterocycles. The van der Waals surface area contributed by atoms with E-state index in [4.69, 9.17) is 9.84 Å². The highest BCUT2D eigenvalue weighted by Crippen LogP contribution is 2.20. The van der Waals surface area contributed by atoms with Crippen molar-refractivity contribution in [2.45, 2.75) is 45.8 Å². The zero-order valence-electron chi connectivity index (χ0n) is 11.9. The van der Waals surface area contributed by atoms with Gasteiger partial charge in [-0.05, 0) is 46.2 Å². The summed E-state index contributed by atoms with van der Waals surface area (Å²) >= 11 is 0. The third-order valence-electron chi connectivity index (χ3n) is 2.92. The lowest BCUT2D eigenvalue weighted by Crippen LogP contribution is -2.21. The number of ether oxygens (including phenoxy) is 1. The maximum atomic E-state index is 13.6. The summed E-state index contributed by atoms with van der Waals surface area (Å²) in [6.07, 6.45) is 2.27. The molecule has 0 aliphatic rings. The fourth-order valence-electron chi connectivity index (χ4n) is 1.84. The van der Waals surface area contributed by atoms with Gasteiger partial charge in [0.25, 0.3) is 0 Å². The van der Waals surface area contributed by atoms with Crippen molar-refractivity contribution in [1.29, 1.82) is 0 Å².